The van der Waals surface area contributed by atoms with E-state index in [-0.39, 0.29) is 10.6 Å². The quantitative estimate of drug-likeness (QED) is 0.500. The fourth-order valence-corrected chi connectivity index (χ4v) is 3.59. The molecule has 0 radical (unpaired) electrons. The fourth-order valence-electron chi connectivity index (χ4n) is 3.59. The Balaban J connectivity index is 0.00000272. The Morgan fingerprint density at radius 3 is 2.29 bits per heavy atom. The lowest BCUT2D eigenvalue weighted by atomic mass is 10.1. The second kappa shape index (κ2) is 9.89. The molecule has 0 atom stereocenters. The molecule has 2 heterocycles. The highest BCUT2D eigenvalue weighted by molar-refractivity contribution is 6.19. The van der Waals surface area contributed by atoms with Crippen LogP contribution in [0.3, 0.4) is 0 Å². The lowest BCUT2D eigenvalue weighted by molar-refractivity contribution is -0.123. The van der Waals surface area contributed by atoms with Crippen LogP contribution in [0, 0.1) is 0 Å². The minimum absolute atomic E-state index is 0. The molecule has 0 aliphatic carbocycles. The lowest BCUT2D eigenvalue weighted by Crippen LogP contribution is -2.32. The zero-order chi connectivity index (χ0) is 20.9. The van der Waals surface area contributed by atoms with Gasteiger partial charge in [0.05, 0.1) is 12.8 Å². The Morgan fingerprint density at radius 2 is 1.68 bits per heavy atom. The van der Waals surface area contributed by atoms with Crippen LogP contribution in [-0.2, 0) is 11.3 Å². The van der Waals surface area contributed by atoms with Gasteiger partial charge in [0.15, 0.2) is 0 Å². The van der Waals surface area contributed by atoms with Crippen LogP contribution in [0.5, 0.6) is 0 Å². The highest BCUT2D eigenvalue weighted by atomic mass is 19.0. The lowest BCUT2D eigenvalue weighted by Gasteiger charge is -2.20. The molecule has 0 N–H and O–H groups in total. The Bertz CT molecular complexity index is 1050. The smallest absolute Gasteiger partial charge is 0.278 e. The number of carbonyl (C=O) groups excluding carboxylic acids is 1. The number of halogens is 1. The van der Waals surface area contributed by atoms with Crippen molar-refractivity contribution in [1.29, 1.82) is 0 Å². The van der Waals surface area contributed by atoms with Crippen molar-refractivity contribution < 1.29 is 13.9 Å². The summed E-state index contributed by atoms with van der Waals surface area (Å²) in [5.74, 6) is 1.23. The second-order valence-electron chi connectivity index (χ2n) is 7.07. The summed E-state index contributed by atoms with van der Waals surface area (Å²) in [7, 11) is 0. The Labute approximate surface area is 181 Å². The molecule has 3 aromatic rings. The molecule has 0 fully saturated rings. The third kappa shape index (κ3) is 4.74. The summed E-state index contributed by atoms with van der Waals surface area (Å²) in [4.78, 5) is 21.8. The van der Waals surface area contributed by atoms with Crippen LogP contribution in [0.4, 0.5) is 10.4 Å². The molecule has 0 saturated carbocycles. The van der Waals surface area contributed by atoms with Gasteiger partial charge in [-0.3, -0.25) is 14.4 Å². The van der Waals surface area contributed by atoms with E-state index >= 15 is 0 Å². The third-order valence-electron chi connectivity index (χ3n) is 5.20. The standard InChI is InChI=1S/C25H25N3O2.FH/c1-3-27(4-2)21-14-12-19(13-15-21)17-23-25(29)28(18-22-11-8-16-30-22)24(26-23)20-9-6-5-7-10-20;/h5-17H,3-4,18H2,1-2H3;1H/b23-17-;. The molecule has 0 saturated heterocycles. The largest absolute Gasteiger partial charge is 0.467 e. The first-order chi connectivity index (χ1) is 14.7. The second-order valence-corrected chi connectivity index (χ2v) is 7.07. The number of anilines is 1. The summed E-state index contributed by atoms with van der Waals surface area (Å²) in [5, 5.41) is 0. The summed E-state index contributed by atoms with van der Waals surface area (Å²) in [6, 6.07) is 21.7. The molecule has 160 valence electrons. The first-order valence-electron chi connectivity index (χ1n) is 10.2. The molecule has 0 bridgehead atoms. The maximum Gasteiger partial charge on any atom is 0.278 e. The van der Waals surface area contributed by atoms with Gasteiger partial charge in [-0.25, -0.2) is 4.99 Å². The zero-order valence-electron chi connectivity index (χ0n) is 17.7. The number of nitrogens with zero attached hydrogens (tertiary/aromatic N) is 3. The van der Waals surface area contributed by atoms with Crippen LogP contribution < -0.4 is 4.90 Å². The van der Waals surface area contributed by atoms with E-state index in [9.17, 15) is 4.79 Å². The number of benzene rings is 2. The highest BCUT2D eigenvalue weighted by Crippen LogP contribution is 2.25. The van der Waals surface area contributed by atoms with E-state index in [4.69, 9.17) is 4.42 Å². The van der Waals surface area contributed by atoms with Crippen molar-refractivity contribution in [3.63, 3.8) is 0 Å². The maximum atomic E-state index is 13.2. The number of carbonyl (C=O) groups is 1. The van der Waals surface area contributed by atoms with Crippen molar-refractivity contribution in [3.05, 3.63) is 95.6 Å². The van der Waals surface area contributed by atoms with E-state index in [0.717, 1.165) is 30.0 Å². The first-order valence-corrected chi connectivity index (χ1v) is 10.2. The van der Waals surface area contributed by atoms with E-state index in [1.54, 1.807) is 11.2 Å². The van der Waals surface area contributed by atoms with Gasteiger partial charge >= 0.3 is 0 Å². The van der Waals surface area contributed by atoms with E-state index in [2.05, 4.69) is 35.9 Å². The van der Waals surface area contributed by atoms with Gasteiger partial charge in [-0.15, -0.1) is 0 Å². The van der Waals surface area contributed by atoms with Gasteiger partial charge in [-0.2, -0.15) is 0 Å². The zero-order valence-corrected chi connectivity index (χ0v) is 17.7. The van der Waals surface area contributed by atoms with Crippen LogP contribution >= 0.6 is 0 Å². The number of furan rings is 1. The average molecular weight is 420 g/mol. The van der Waals surface area contributed by atoms with Gasteiger partial charge in [0.25, 0.3) is 5.91 Å². The molecule has 31 heavy (non-hydrogen) atoms. The number of hydrogen-bond donors (Lipinski definition) is 0. The molecule has 0 spiro atoms. The first kappa shape index (κ1) is 22.0. The predicted octanol–water partition coefficient (Wildman–Crippen LogP) is 5.11. The summed E-state index contributed by atoms with van der Waals surface area (Å²) in [5.41, 5.74) is 3.45. The third-order valence-corrected chi connectivity index (χ3v) is 5.20. The molecular weight excluding hydrogens is 393 g/mol. The topological polar surface area (TPSA) is 49.0 Å². The van der Waals surface area contributed by atoms with Crippen LogP contribution in [0.1, 0.15) is 30.7 Å². The maximum absolute atomic E-state index is 13.2. The Morgan fingerprint density at radius 1 is 0.968 bits per heavy atom. The van der Waals surface area contributed by atoms with Crippen molar-refractivity contribution in [1.82, 2.24) is 4.90 Å². The summed E-state index contributed by atoms with van der Waals surface area (Å²) in [6.07, 6.45) is 3.46. The average Bonchev–Trinajstić information content (AvgIpc) is 3.40. The monoisotopic (exact) mass is 419 g/mol. The molecule has 1 aliphatic heterocycles. The summed E-state index contributed by atoms with van der Waals surface area (Å²) < 4.78 is 5.47. The van der Waals surface area contributed by atoms with E-state index in [0.29, 0.717) is 18.1 Å². The van der Waals surface area contributed by atoms with Crippen molar-refractivity contribution in [3.8, 4) is 0 Å². The predicted molar refractivity (Wildman–Crippen MR) is 123 cm³/mol. The minimum Gasteiger partial charge on any atom is -0.467 e. The Kier molecular flexibility index (Phi) is 7.03. The van der Waals surface area contributed by atoms with Crippen LogP contribution in [0.2, 0.25) is 0 Å². The number of amides is 1. The summed E-state index contributed by atoms with van der Waals surface area (Å²) >= 11 is 0. The van der Waals surface area contributed by atoms with Gasteiger partial charge in [0.2, 0.25) is 0 Å². The van der Waals surface area contributed by atoms with Crippen molar-refractivity contribution >= 4 is 23.5 Å². The number of hydrogen-bond acceptors (Lipinski definition) is 4. The van der Waals surface area contributed by atoms with Crippen LogP contribution in [0.15, 0.2) is 88.1 Å². The van der Waals surface area contributed by atoms with E-state index < -0.39 is 0 Å². The van der Waals surface area contributed by atoms with E-state index in [1.807, 2.05) is 60.7 Å². The SMILES string of the molecule is CCN(CC)c1ccc(/C=C2\N=C(c3ccccc3)N(Cc3ccco3)C2=O)cc1.F. The molecule has 1 amide bonds. The Hall–Kier alpha value is -3.67. The van der Waals surface area contributed by atoms with E-state index in [1.165, 1.54) is 5.69 Å². The van der Waals surface area contributed by atoms with Gasteiger partial charge in [-0.05, 0) is 49.8 Å². The molecular formula is C25H26FN3O2. The van der Waals surface area contributed by atoms with Gasteiger partial charge < -0.3 is 9.32 Å². The molecule has 2 aromatic carbocycles. The van der Waals surface area contributed by atoms with Gasteiger partial charge in [0, 0.05) is 24.3 Å². The molecule has 1 aromatic heterocycles. The molecule has 5 nitrogen and oxygen atoms in total. The molecule has 6 heteroatoms. The van der Waals surface area contributed by atoms with Crippen LogP contribution in [-0.4, -0.2) is 29.7 Å². The number of rotatable bonds is 7. The van der Waals surface area contributed by atoms with Crippen molar-refractivity contribution in [2.45, 2.75) is 20.4 Å². The van der Waals surface area contributed by atoms with Crippen molar-refractivity contribution in [2.24, 2.45) is 4.99 Å². The normalized spacial score (nSPS) is 14.5. The number of amidine groups is 1. The summed E-state index contributed by atoms with van der Waals surface area (Å²) in [6.45, 7) is 6.55. The minimum atomic E-state index is -0.127. The number of aliphatic imine (C=N–C) groups is 1. The molecule has 0 unspecified atom stereocenters. The van der Waals surface area contributed by atoms with Gasteiger partial charge in [0.1, 0.15) is 17.3 Å². The van der Waals surface area contributed by atoms with Gasteiger partial charge in [-0.1, -0.05) is 42.5 Å². The highest BCUT2D eigenvalue weighted by Gasteiger charge is 2.31. The van der Waals surface area contributed by atoms with Crippen molar-refractivity contribution in [2.75, 3.05) is 18.0 Å². The fraction of sp³-hybridized carbons (Fsp3) is 0.200. The molecule has 1 aliphatic rings. The molecule has 4 rings (SSSR count). The van der Waals surface area contributed by atoms with Crippen LogP contribution in [0.25, 0.3) is 6.08 Å².